The maximum atomic E-state index is 5.83. The fourth-order valence-corrected chi connectivity index (χ4v) is 3.62. The molecule has 1 atom stereocenters. The highest BCUT2D eigenvalue weighted by molar-refractivity contribution is 7.13. The monoisotopic (exact) mass is 338 g/mol. The Kier molecular flexibility index (Phi) is 3.86. The molecule has 0 bridgehead atoms. The van der Waals surface area contributed by atoms with Crippen molar-refractivity contribution < 1.29 is 9.47 Å². The molecule has 0 saturated carbocycles. The summed E-state index contributed by atoms with van der Waals surface area (Å²) in [5, 5.41) is 6.46. The van der Waals surface area contributed by atoms with Crippen molar-refractivity contribution in [2.24, 2.45) is 0 Å². The number of ether oxygens (including phenoxy) is 2. The molecule has 0 saturated heterocycles. The van der Waals surface area contributed by atoms with Crippen LogP contribution in [0.15, 0.2) is 47.8 Å². The van der Waals surface area contributed by atoms with E-state index in [2.05, 4.69) is 29.8 Å². The number of thiazole rings is 1. The molecule has 1 unspecified atom stereocenters. The number of para-hydroxylation sites is 1. The fraction of sp³-hybridized carbons (Fsp3) is 0.211. The minimum Gasteiger partial charge on any atom is -0.496 e. The van der Waals surface area contributed by atoms with E-state index < -0.39 is 0 Å². The third-order valence-corrected chi connectivity index (χ3v) is 4.91. The van der Waals surface area contributed by atoms with Crippen molar-refractivity contribution in [2.75, 3.05) is 19.0 Å². The van der Waals surface area contributed by atoms with E-state index in [9.17, 15) is 0 Å². The second-order valence-electron chi connectivity index (χ2n) is 5.76. The lowest BCUT2D eigenvalue weighted by Gasteiger charge is -2.25. The standard InChI is InChI=1S/C19H18N2O2S/c1-12-10-20-15-9-13(7-8-18(15)23-12)19-21-16(11-24-19)14-5-3-4-6-17(14)22-2/h3-9,11-12,20H,10H2,1-2H3. The Bertz CT molecular complexity index is 875. The molecular weight excluding hydrogens is 320 g/mol. The Hall–Kier alpha value is -2.53. The van der Waals surface area contributed by atoms with Crippen LogP contribution < -0.4 is 14.8 Å². The summed E-state index contributed by atoms with van der Waals surface area (Å²) < 4.78 is 11.3. The van der Waals surface area contributed by atoms with Gasteiger partial charge in [-0.25, -0.2) is 4.98 Å². The van der Waals surface area contributed by atoms with E-state index in [0.29, 0.717) is 0 Å². The Balaban J connectivity index is 1.68. The number of rotatable bonds is 3. The maximum absolute atomic E-state index is 5.83. The van der Waals surface area contributed by atoms with Crippen molar-refractivity contribution >= 4 is 17.0 Å². The summed E-state index contributed by atoms with van der Waals surface area (Å²) >= 11 is 1.63. The number of nitrogens with zero attached hydrogens (tertiary/aromatic N) is 1. The first kappa shape index (κ1) is 15.0. The molecule has 0 aliphatic carbocycles. The summed E-state index contributed by atoms with van der Waals surface area (Å²) in [6.45, 7) is 2.88. The molecule has 122 valence electrons. The molecule has 1 aliphatic rings. The van der Waals surface area contributed by atoms with E-state index in [-0.39, 0.29) is 6.10 Å². The zero-order valence-electron chi connectivity index (χ0n) is 13.6. The maximum Gasteiger partial charge on any atom is 0.142 e. The lowest BCUT2D eigenvalue weighted by molar-refractivity contribution is 0.226. The Morgan fingerprint density at radius 2 is 2.12 bits per heavy atom. The SMILES string of the molecule is COc1ccccc1-c1csc(-c2ccc3c(c2)NCC(C)O3)n1. The minimum atomic E-state index is 0.195. The summed E-state index contributed by atoms with van der Waals surface area (Å²) in [7, 11) is 1.68. The van der Waals surface area contributed by atoms with Crippen molar-refractivity contribution in [1.82, 2.24) is 4.98 Å². The summed E-state index contributed by atoms with van der Waals surface area (Å²) in [4.78, 5) is 4.79. The van der Waals surface area contributed by atoms with Gasteiger partial charge in [-0.1, -0.05) is 12.1 Å². The molecule has 1 aliphatic heterocycles. The summed E-state index contributed by atoms with van der Waals surface area (Å²) in [5.74, 6) is 1.74. The first-order chi connectivity index (χ1) is 11.7. The number of nitrogens with one attached hydrogen (secondary N) is 1. The highest BCUT2D eigenvalue weighted by atomic mass is 32.1. The molecule has 2 heterocycles. The van der Waals surface area contributed by atoms with Gasteiger partial charge in [-0.05, 0) is 37.3 Å². The van der Waals surface area contributed by atoms with Crippen LogP contribution in [0.5, 0.6) is 11.5 Å². The van der Waals surface area contributed by atoms with E-state index in [0.717, 1.165) is 45.6 Å². The molecule has 1 aromatic heterocycles. The number of methoxy groups -OCH3 is 1. The Labute approximate surface area is 145 Å². The predicted molar refractivity (Wildman–Crippen MR) is 98.1 cm³/mol. The summed E-state index contributed by atoms with van der Waals surface area (Å²) in [5.41, 5.74) is 4.06. The third-order valence-electron chi connectivity index (χ3n) is 4.02. The van der Waals surface area contributed by atoms with Gasteiger partial charge in [0.2, 0.25) is 0 Å². The topological polar surface area (TPSA) is 43.4 Å². The molecule has 4 nitrogen and oxygen atoms in total. The van der Waals surface area contributed by atoms with E-state index in [1.807, 2.05) is 30.3 Å². The van der Waals surface area contributed by atoms with E-state index >= 15 is 0 Å². The van der Waals surface area contributed by atoms with E-state index in [4.69, 9.17) is 14.5 Å². The van der Waals surface area contributed by atoms with Crippen molar-refractivity contribution in [3.63, 3.8) is 0 Å². The lowest BCUT2D eigenvalue weighted by Crippen LogP contribution is -2.27. The zero-order chi connectivity index (χ0) is 16.5. The van der Waals surface area contributed by atoms with Gasteiger partial charge in [0, 0.05) is 16.5 Å². The first-order valence-corrected chi connectivity index (χ1v) is 8.76. The van der Waals surface area contributed by atoms with E-state index in [1.54, 1.807) is 18.4 Å². The molecule has 24 heavy (non-hydrogen) atoms. The van der Waals surface area contributed by atoms with Crippen LogP contribution in [0.2, 0.25) is 0 Å². The highest BCUT2D eigenvalue weighted by Crippen LogP contribution is 2.37. The van der Waals surface area contributed by atoms with Crippen LogP contribution in [0, 0.1) is 0 Å². The number of hydrogen-bond acceptors (Lipinski definition) is 5. The van der Waals surface area contributed by atoms with Gasteiger partial charge >= 0.3 is 0 Å². The first-order valence-electron chi connectivity index (χ1n) is 7.88. The predicted octanol–water partition coefficient (Wildman–Crippen LogP) is 4.68. The number of hydrogen-bond donors (Lipinski definition) is 1. The van der Waals surface area contributed by atoms with Crippen molar-refractivity contribution in [1.29, 1.82) is 0 Å². The number of benzene rings is 2. The van der Waals surface area contributed by atoms with Crippen LogP contribution in [0.4, 0.5) is 5.69 Å². The van der Waals surface area contributed by atoms with Gasteiger partial charge in [-0.15, -0.1) is 11.3 Å². The second kappa shape index (κ2) is 6.17. The van der Waals surface area contributed by atoms with Crippen LogP contribution in [0.25, 0.3) is 21.8 Å². The summed E-state index contributed by atoms with van der Waals surface area (Å²) in [6.07, 6.45) is 0.195. The van der Waals surface area contributed by atoms with Gasteiger partial charge in [0.1, 0.15) is 22.6 Å². The number of fused-ring (bicyclic) bond motifs is 1. The van der Waals surface area contributed by atoms with Crippen molar-refractivity contribution in [3.8, 4) is 33.3 Å². The molecule has 0 amide bonds. The Morgan fingerprint density at radius 3 is 3.00 bits per heavy atom. The second-order valence-corrected chi connectivity index (χ2v) is 6.62. The fourth-order valence-electron chi connectivity index (χ4n) is 2.80. The minimum absolute atomic E-state index is 0.195. The average Bonchev–Trinajstić information content (AvgIpc) is 3.11. The molecule has 3 aromatic rings. The Morgan fingerprint density at radius 1 is 1.25 bits per heavy atom. The quantitative estimate of drug-likeness (QED) is 0.753. The third kappa shape index (κ3) is 2.71. The largest absolute Gasteiger partial charge is 0.496 e. The van der Waals surface area contributed by atoms with Crippen LogP contribution in [0.3, 0.4) is 0 Å². The molecule has 0 fully saturated rings. The molecule has 4 rings (SSSR count). The van der Waals surface area contributed by atoms with Crippen molar-refractivity contribution in [2.45, 2.75) is 13.0 Å². The molecule has 5 heteroatoms. The average molecular weight is 338 g/mol. The van der Waals surface area contributed by atoms with Gasteiger partial charge in [0.25, 0.3) is 0 Å². The highest BCUT2D eigenvalue weighted by Gasteiger charge is 2.17. The molecule has 0 radical (unpaired) electrons. The lowest BCUT2D eigenvalue weighted by atomic mass is 10.1. The number of aromatic nitrogens is 1. The smallest absolute Gasteiger partial charge is 0.142 e. The molecule has 2 aromatic carbocycles. The molecular formula is C19H18N2O2S. The van der Waals surface area contributed by atoms with Gasteiger partial charge in [0.15, 0.2) is 0 Å². The molecule has 0 spiro atoms. The van der Waals surface area contributed by atoms with Crippen LogP contribution in [-0.4, -0.2) is 24.7 Å². The van der Waals surface area contributed by atoms with E-state index in [1.165, 1.54) is 0 Å². The van der Waals surface area contributed by atoms with Gasteiger partial charge < -0.3 is 14.8 Å². The number of anilines is 1. The van der Waals surface area contributed by atoms with Crippen LogP contribution in [0.1, 0.15) is 6.92 Å². The van der Waals surface area contributed by atoms with Crippen molar-refractivity contribution in [3.05, 3.63) is 47.8 Å². The summed E-state index contributed by atoms with van der Waals surface area (Å²) in [6, 6.07) is 14.1. The normalized spacial score (nSPS) is 16.0. The van der Waals surface area contributed by atoms with Crippen LogP contribution >= 0.6 is 11.3 Å². The van der Waals surface area contributed by atoms with Gasteiger partial charge in [-0.3, -0.25) is 0 Å². The zero-order valence-corrected chi connectivity index (χ0v) is 14.4. The molecule has 1 N–H and O–H groups in total. The van der Waals surface area contributed by atoms with Crippen LogP contribution in [-0.2, 0) is 0 Å². The van der Waals surface area contributed by atoms with Gasteiger partial charge in [0.05, 0.1) is 25.0 Å². The van der Waals surface area contributed by atoms with Gasteiger partial charge in [-0.2, -0.15) is 0 Å².